The summed E-state index contributed by atoms with van der Waals surface area (Å²) in [5.74, 6) is 4.18. The first kappa shape index (κ1) is 17.0. The fourth-order valence-corrected chi connectivity index (χ4v) is 4.52. The van der Waals surface area contributed by atoms with Crippen LogP contribution >= 0.6 is 39.5 Å². The molecule has 1 heterocycles. The van der Waals surface area contributed by atoms with Gasteiger partial charge in [-0.3, -0.25) is 4.99 Å². The maximum absolute atomic E-state index is 6.03. The molecule has 0 unspecified atom stereocenters. The minimum atomic E-state index is 0.730. The molecule has 0 spiro atoms. The van der Waals surface area contributed by atoms with Crippen molar-refractivity contribution in [2.75, 3.05) is 36.9 Å². The van der Waals surface area contributed by atoms with Crippen LogP contribution in [0.3, 0.4) is 0 Å². The lowest BCUT2D eigenvalue weighted by molar-refractivity contribution is 0.455. The summed E-state index contributed by atoms with van der Waals surface area (Å²) in [5.41, 5.74) is 6.03. The monoisotopic (exact) mass is 387 g/mol. The Morgan fingerprint density at radius 2 is 2.05 bits per heavy atom. The van der Waals surface area contributed by atoms with Gasteiger partial charge in [0.1, 0.15) is 0 Å². The average molecular weight is 388 g/mol. The van der Waals surface area contributed by atoms with Gasteiger partial charge in [0.2, 0.25) is 0 Å². The highest BCUT2D eigenvalue weighted by Gasteiger charge is 2.11. The van der Waals surface area contributed by atoms with Crippen molar-refractivity contribution in [2.24, 2.45) is 10.7 Å². The molecular weight excluding hydrogens is 366 g/mol. The number of aliphatic imine (C=N–C) groups is 1. The molecule has 6 heteroatoms. The van der Waals surface area contributed by atoms with E-state index in [9.17, 15) is 0 Å². The first-order valence-corrected chi connectivity index (χ1v) is 10.2. The van der Waals surface area contributed by atoms with Crippen molar-refractivity contribution in [1.29, 1.82) is 0 Å². The normalized spacial score (nSPS) is 16.2. The molecule has 1 aliphatic rings. The highest BCUT2D eigenvalue weighted by Crippen LogP contribution is 2.27. The van der Waals surface area contributed by atoms with E-state index in [1.165, 1.54) is 27.3 Å². The van der Waals surface area contributed by atoms with Gasteiger partial charge >= 0.3 is 0 Å². The molecule has 3 nitrogen and oxygen atoms in total. The number of hydrogen-bond acceptors (Lipinski definition) is 3. The number of guanidine groups is 1. The van der Waals surface area contributed by atoms with Crippen LogP contribution in [0.2, 0.25) is 0 Å². The summed E-state index contributed by atoms with van der Waals surface area (Å²) in [6.45, 7) is 2.92. The molecule has 1 aromatic rings. The summed E-state index contributed by atoms with van der Waals surface area (Å²) in [4.78, 5) is 8.01. The number of thioether (sulfide) groups is 2. The Morgan fingerprint density at radius 3 is 2.81 bits per heavy atom. The van der Waals surface area contributed by atoms with Crippen molar-refractivity contribution >= 4 is 45.4 Å². The van der Waals surface area contributed by atoms with Gasteiger partial charge in [-0.1, -0.05) is 12.1 Å². The summed E-state index contributed by atoms with van der Waals surface area (Å²) in [6.07, 6.45) is 2.26. The molecule has 0 bridgehead atoms. The van der Waals surface area contributed by atoms with E-state index in [0.717, 1.165) is 37.8 Å². The highest BCUT2D eigenvalue weighted by atomic mass is 79.9. The first-order valence-electron chi connectivity index (χ1n) is 7.27. The van der Waals surface area contributed by atoms with Gasteiger partial charge in [-0.05, 0) is 46.7 Å². The minimum Gasteiger partial charge on any atom is -0.370 e. The molecule has 0 aromatic heterocycles. The van der Waals surface area contributed by atoms with Crippen molar-refractivity contribution in [3.8, 4) is 0 Å². The summed E-state index contributed by atoms with van der Waals surface area (Å²) in [7, 11) is 0. The summed E-state index contributed by atoms with van der Waals surface area (Å²) >= 11 is 7.46. The lowest BCUT2D eigenvalue weighted by Crippen LogP contribution is -2.42. The van der Waals surface area contributed by atoms with Crippen LogP contribution in [-0.4, -0.2) is 47.8 Å². The SMILES string of the molecule is NC(=NCCCCSc1ccccc1Br)N1CCSCC1. The molecule has 2 N–H and O–H groups in total. The van der Waals surface area contributed by atoms with Gasteiger partial charge in [0, 0.05) is 40.5 Å². The van der Waals surface area contributed by atoms with Crippen molar-refractivity contribution in [1.82, 2.24) is 4.90 Å². The minimum absolute atomic E-state index is 0.730. The zero-order chi connectivity index (χ0) is 14.9. The Labute approximate surface area is 144 Å². The maximum atomic E-state index is 6.03. The third-order valence-corrected chi connectivity index (χ3v) is 6.31. The second kappa shape index (κ2) is 9.64. The molecular formula is C15H22BrN3S2. The van der Waals surface area contributed by atoms with E-state index in [1.54, 1.807) is 0 Å². The average Bonchev–Trinajstić information content (AvgIpc) is 2.53. The number of nitrogens with two attached hydrogens (primary N) is 1. The number of benzene rings is 1. The Bertz CT molecular complexity index is 462. The van der Waals surface area contributed by atoms with Gasteiger partial charge in [-0.15, -0.1) is 11.8 Å². The molecule has 0 amide bonds. The van der Waals surface area contributed by atoms with E-state index in [1.807, 2.05) is 29.6 Å². The fourth-order valence-electron chi connectivity index (χ4n) is 2.04. The Balaban J connectivity index is 1.60. The fraction of sp³-hybridized carbons (Fsp3) is 0.533. The maximum Gasteiger partial charge on any atom is 0.191 e. The van der Waals surface area contributed by atoms with E-state index in [2.05, 4.69) is 44.0 Å². The summed E-state index contributed by atoms with van der Waals surface area (Å²) in [6, 6.07) is 8.36. The molecule has 1 saturated heterocycles. The third kappa shape index (κ3) is 6.12. The van der Waals surface area contributed by atoms with E-state index in [4.69, 9.17) is 5.73 Å². The number of nitrogens with zero attached hydrogens (tertiary/aromatic N) is 2. The standard InChI is InChI=1S/C15H22BrN3S2/c16-13-5-1-2-6-14(13)21-10-4-3-7-18-15(17)19-8-11-20-12-9-19/h1-2,5-6H,3-4,7-12H2,(H2,17,18). The molecule has 0 saturated carbocycles. The number of unbranched alkanes of at least 4 members (excludes halogenated alkanes) is 1. The van der Waals surface area contributed by atoms with Crippen LogP contribution in [0.15, 0.2) is 38.6 Å². The van der Waals surface area contributed by atoms with Crippen LogP contribution in [0.1, 0.15) is 12.8 Å². The van der Waals surface area contributed by atoms with Gasteiger partial charge in [0.15, 0.2) is 5.96 Å². The molecule has 0 aliphatic carbocycles. The van der Waals surface area contributed by atoms with Crippen LogP contribution in [0.5, 0.6) is 0 Å². The molecule has 0 atom stereocenters. The van der Waals surface area contributed by atoms with Crippen molar-refractivity contribution < 1.29 is 0 Å². The van der Waals surface area contributed by atoms with E-state index >= 15 is 0 Å². The number of halogens is 1. The first-order chi connectivity index (χ1) is 10.3. The highest BCUT2D eigenvalue weighted by molar-refractivity contribution is 9.10. The van der Waals surface area contributed by atoms with Gasteiger partial charge in [-0.25, -0.2) is 0 Å². The molecule has 1 aromatic carbocycles. The van der Waals surface area contributed by atoms with Crippen molar-refractivity contribution in [3.05, 3.63) is 28.7 Å². The van der Waals surface area contributed by atoms with Gasteiger partial charge < -0.3 is 10.6 Å². The lowest BCUT2D eigenvalue weighted by atomic mass is 10.3. The van der Waals surface area contributed by atoms with Crippen LogP contribution in [0.25, 0.3) is 0 Å². The van der Waals surface area contributed by atoms with Crippen molar-refractivity contribution in [3.63, 3.8) is 0 Å². The largest absolute Gasteiger partial charge is 0.370 e. The molecule has 2 rings (SSSR count). The predicted octanol–water partition coefficient (Wildman–Crippen LogP) is 3.68. The Hall–Kier alpha value is -0.330. The zero-order valence-corrected chi connectivity index (χ0v) is 15.4. The zero-order valence-electron chi connectivity index (χ0n) is 12.1. The van der Waals surface area contributed by atoms with E-state index in [0.29, 0.717) is 0 Å². The van der Waals surface area contributed by atoms with Gasteiger partial charge in [0.25, 0.3) is 0 Å². The molecule has 21 heavy (non-hydrogen) atoms. The van der Waals surface area contributed by atoms with Gasteiger partial charge in [-0.2, -0.15) is 11.8 Å². The van der Waals surface area contributed by atoms with E-state index in [-0.39, 0.29) is 0 Å². The Kier molecular flexibility index (Phi) is 7.82. The van der Waals surface area contributed by atoms with Crippen molar-refractivity contribution in [2.45, 2.75) is 17.7 Å². The second-order valence-corrected chi connectivity index (χ2v) is 8.04. The molecule has 1 fully saturated rings. The molecule has 0 radical (unpaired) electrons. The summed E-state index contributed by atoms with van der Waals surface area (Å²) in [5, 5.41) is 0. The number of hydrogen-bond donors (Lipinski definition) is 1. The number of rotatable bonds is 6. The Morgan fingerprint density at radius 1 is 1.29 bits per heavy atom. The molecule has 1 aliphatic heterocycles. The predicted molar refractivity (Wildman–Crippen MR) is 99.5 cm³/mol. The van der Waals surface area contributed by atoms with Gasteiger partial charge in [0.05, 0.1) is 0 Å². The summed E-state index contributed by atoms with van der Waals surface area (Å²) < 4.78 is 1.18. The van der Waals surface area contributed by atoms with Crippen LogP contribution in [0, 0.1) is 0 Å². The quantitative estimate of drug-likeness (QED) is 0.349. The van der Waals surface area contributed by atoms with E-state index < -0.39 is 0 Å². The lowest BCUT2D eigenvalue weighted by Gasteiger charge is -2.27. The van der Waals surface area contributed by atoms with Crippen LogP contribution in [0.4, 0.5) is 0 Å². The smallest absolute Gasteiger partial charge is 0.191 e. The molecule has 116 valence electrons. The van der Waals surface area contributed by atoms with Crippen LogP contribution in [-0.2, 0) is 0 Å². The van der Waals surface area contributed by atoms with Crippen LogP contribution < -0.4 is 5.73 Å². The third-order valence-electron chi connectivity index (χ3n) is 3.26. The topological polar surface area (TPSA) is 41.6 Å². The second-order valence-electron chi connectivity index (χ2n) is 4.83.